The highest BCUT2D eigenvalue weighted by Gasteiger charge is 2.24. The molecule has 0 atom stereocenters. The zero-order chi connectivity index (χ0) is 28.3. The second-order valence-corrected chi connectivity index (χ2v) is 11.2. The van der Waals surface area contributed by atoms with E-state index in [9.17, 15) is 9.59 Å². The number of nitrogens with one attached hydrogen (secondary N) is 2. The average Bonchev–Trinajstić information content (AvgIpc) is 3.64. The van der Waals surface area contributed by atoms with Crippen molar-refractivity contribution in [2.24, 2.45) is 0 Å². The van der Waals surface area contributed by atoms with Crippen LogP contribution >= 0.6 is 11.6 Å². The lowest BCUT2D eigenvalue weighted by atomic mass is 9.96. The Balaban J connectivity index is 1.29. The maximum Gasteiger partial charge on any atom is 0.319 e. The predicted molar refractivity (Wildman–Crippen MR) is 161 cm³/mol. The molecule has 3 aliphatic rings. The summed E-state index contributed by atoms with van der Waals surface area (Å²) in [5.74, 6) is 1.92. The minimum Gasteiger partial charge on any atom is -0.490 e. The molecule has 1 aromatic heterocycles. The number of fused-ring (bicyclic) bond motifs is 1. The first-order valence-electron chi connectivity index (χ1n) is 14.2. The molecular weight excluding hydrogens is 540 g/mol. The van der Waals surface area contributed by atoms with Gasteiger partial charge in [0.2, 0.25) is 5.91 Å². The number of carbonyl (C=O) groups excluding carboxylic acids is 2. The number of rotatable bonds is 8. The van der Waals surface area contributed by atoms with Crippen LogP contribution in [-0.2, 0) is 4.79 Å². The van der Waals surface area contributed by atoms with Crippen molar-refractivity contribution in [3.63, 3.8) is 0 Å². The fourth-order valence-corrected chi connectivity index (χ4v) is 5.59. The third-order valence-corrected chi connectivity index (χ3v) is 8.08. The van der Waals surface area contributed by atoms with Gasteiger partial charge in [0.25, 0.3) is 0 Å². The summed E-state index contributed by atoms with van der Waals surface area (Å²) < 4.78 is 12.8. The highest BCUT2D eigenvalue weighted by molar-refractivity contribution is 6.33. The minimum absolute atomic E-state index is 0.0652. The number of nitrogens with zero attached hydrogens (tertiary/aromatic N) is 2. The molecule has 2 aromatic carbocycles. The van der Waals surface area contributed by atoms with Crippen LogP contribution in [0.4, 0.5) is 10.5 Å². The predicted octanol–water partition coefficient (Wildman–Crippen LogP) is 7.09. The van der Waals surface area contributed by atoms with E-state index < -0.39 is 0 Å². The topological polar surface area (TPSA) is 92.8 Å². The van der Waals surface area contributed by atoms with Crippen LogP contribution in [0.3, 0.4) is 0 Å². The number of pyridine rings is 1. The van der Waals surface area contributed by atoms with Gasteiger partial charge in [-0.1, -0.05) is 24.3 Å². The number of benzene rings is 2. The highest BCUT2D eigenvalue weighted by atomic mass is 35.5. The van der Waals surface area contributed by atoms with E-state index in [-0.39, 0.29) is 24.1 Å². The minimum atomic E-state index is -0.264. The Labute approximate surface area is 244 Å². The van der Waals surface area contributed by atoms with Crippen molar-refractivity contribution in [3.05, 3.63) is 71.9 Å². The fraction of sp³-hybridized carbons (Fsp3) is 0.344. The van der Waals surface area contributed by atoms with Crippen molar-refractivity contribution >= 4 is 45.7 Å². The first-order valence-corrected chi connectivity index (χ1v) is 14.6. The molecule has 2 saturated carbocycles. The van der Waals surface area contributed by atoms with Gasteiger partial charge in [-0.15, -0.1) is 0 Å². The van der Waals surface area contributed by atoms with Crippen LogP contribution in [0.15, 0.2) is 61.3 Å². The summed E-state index contributed by atoms with van der Waals surface area (Å²) in [5, 5.41) is 6.91. The fourth-order valence-electron chi connectivity index (χ4n) is 5.37. The Morgan fingerprint density at radius 2 is 1.90 bits per heavy atom. The molecule has 2 fully saturated rings. The normalized spacial score (nSPS) is 17.2. The van der Waals surface area contributed by atoms with Crippen molar-refractivity contribution in [1.82, 2.24) is 15.2 Å². The van der Waals surface area contributed by atoms with Gasteiger partial charge in [-0.25, -0.2) is 4.79 Å². The number of carbonyl (C=O) groups is 2. The molecular formula is C32H33ClN4O4. The number of halogens is 1. The second kappa shape index (κ2) is 11.8. The molecule has 0 bridgehead atoms. The number of hydrogen-bond acceptors (Lipinski definition) is 5. The Hall–Kier alpha value is -4.04. The Morgan fingerprint density at radius 3 is 2.61 bits per heavy atom. The molecule has 0 spiro atoms. The largest absolute Gasteiger partial charge is 0.490 e. The Kier molecular flexibility index (Phi) is 7.83. The molecule has 9 heteroatoms. The van der Waals surface area contributed by atoms with Crippen molar-refractivity contribution in [3.8, 4) is 17.2 Å². The Morgan fingerprint density at radius 1 is 1.07 bits per heavy atom. The average molecular weight is 573 g/mol. The van der Waals surface area contributed by atoms with E-state index in [1.54, 1.807) is 29.3 Å². The van der Waals surface area contributed by atoms with Crippen LogP contribution < -0.4 is 20.1 Å². The lowest BCUT2D eigenvalue weighted by molar-refractivity contribution is -0.125. The van der Waals surface area contributed by atoms with Crippen LogP contribution in [0, 0.1) is 0 Å². The smallest absolute Gasteiger partial charge is 0.319 e. The SMILES string of the molecule is C=CC(=O)N1CC=C(c2cc3c(Oc4ccc(NC(=O)NC5CC5)c(Cl)c4)ccnc3cc2OC2CCCC2)CC1. The zero-order valence-electron chi connectivity index (χ0n) is 22.8. The van der Waals surface area contributed by atoms with E-state index in [0.717, 1.165) is 53.5 Å². The first kappa shape index (κ1) is 27.1. The third kappa shape index (κ3) is 6.33. The number of anilines is 1. The number of amides is 3. The van der Waals surface area contributed by atoms with Crippen molar-refractivity contribution in [2.75, 3.05) is 18.4 Å². The molecule has 0 radical (unpaired) electrons. The number of aromatic nitrogens is 1. The lowest BCUT2D eigenvalue weighted by Crippen LogP contribution is -2.33. The van der Waals surface area contributed by atoms with Gasteiger partial charge in [0, 0.05) is 48.4 Å². The molecule has 2 N–H and O–H groups in total. The summed E-state index contributed by atoms with van der Waals surface area (Å²) in [4.78, 5) is 30.7. The van der Waals surface area contributed by atoms with E-state index >= 15 is 0 Å². The zero-order valence-corrected chi connectivity index (χ0v) is 23.6. The summed E-state index contributed by atoms with van der Waals surface area (Å²) in [6, 6.07) is 11.1. The standard InChI is InChI=1S/C32H33ClN4O4/c1-2-31(38)37-15-12-20(13-16-37)24-18-25-28(19-30(24)40-22-5-3-4-6-22)34-14-11-29(25)41-23-9-10-27(26(33)17-23)36-32(39)35-21-7-8-21/h2,9-12,14,17-19,21-22H,1,3-8,13,15-16H2,(H2,35,36,39). The molecule has 1 aliphatic heterocycles. The third-order valence-electron chi connectivity index (χ3n) is 7.77. The van der Waals surface area contributed by atoms with Gasteiger partial charge in [0.1, 0.15) is 17.2 Å². The summed E-state index contributed by atoms with van der Waals surface area (Å²) in [6.07, 6.45) is 12.5. The summed E-state index contributed by atoms with van der Waals surface area (Å²) >= 11 is 6.49. The van der Waals surface area contributed by atoms with Crippen LogP contribution in [0.25, 0.3) is 16.5 Å². The van der Waals surface area contributed by atoms with Crippen LogP contribution in [0.1, 0.15) is 50.5 Å². The van der Waals surface area contributed by atoms with Gasteiger partial charge in [-0.3, -0.25) is 9.78 Å². The number of hydrogen-bond donors (Lipinski definition) is 2. The molecule has 3 aromatic rings. The lowest BCUT2D eigenvalue weighted by Gasteiger charge is -2.27. The van der Waals surface area contributed by atoms with Crippen molar-refractivity contribution in [2.45, 2.75) is 57.1 Å². The molecule has 6 rings (SSSR count). The molecule has 212 valence electrons. The summed E-state index contributed by atoms with van der Waals surface area (Å²) in [7, 11) is 0. The molecule has 2 heterocycles. The highest BCUT2D eigenvalue weighted by Crippen LogP contribution is 2.40. The molecule has 3 amide bonds. The van der Waals surface area contributed by atoms with E-state index in [1.165, 1.54) is 18.9 Å². The van der Waals surface area contributed by atoms with E-state index in [0.29, 0.717) is 41.7 Å². The van der Waals surface area contributed by atoms with Crippen LogP contribution in [0.2, 0.25) is 5.02 Å². The molecule has 41 heavy (non-hydrogen) atoms. The monoisotopic (exact) mass is 572 g/mol. The van der Waals surface area contributed by atoms with Gasteiger partial charge in [0.05, 0.1) is 22.3 Å². The van der Waals surface area contributed by atoms with E-state index in [1.807, 2.05) is 12.1 Å². The van der Waals surface area contributed by atoms with Crippen molar-refractivity contribution < 1.29 is 19.1 Å². The summed E-state index contributed by atoms with van der Waals surface area (Å²) in [6.45, 7) is 4.76. The first-order chi connectivity index (χ1) is 20.0. The maximum atomic E-state index is 12.1. The number of urea groups is 1. The van der Waals surface area contributed by atoms with Gasteiger partial charge in [-0.2, -0.15) is 0 Å². The van der Waals surface area contributed by atoms with Gasteiger partial charge in [0.15, 0.2) is 0 Å². The number of ether oxygens (including phenoxy) is 2. The van der Waals surface area contributed by atoms with Gasteiger partial charge >= 0.3 is 6.03 Å². The molecule has 0 unspecified atom stereocenters. The summed E-state index contributed by atoms with van der Waals surface area (Å²) in [5.41, 5.74) is 3.40. The van der Waals surface area contributed by atoms with E-state index in [4.69, 9.17) is 21.1 Å². The Bertz CT molecular complexity index is 1530. The van der Waals surface area contributed by atoms with Gasteiger partial charge < -0.3 is 25.0 Å². The van der Waals surface area contributed by atoms with Gasteiger partial charge in [-0.05, 0) is 80.9 Å². The molecule has 2 aliphatic carbocycles. The quantitative estimate of drug-likeness (QED) is 0.281. The van der Waals surface area contributed by atoms with Crippen LogP contribution in [0.5, 0.6) is 17.2 Å². The molecule has 0 saturated heterocycles. The maximum absolute atomic E-state index is 12.1. The van der Waals surface area contributed by atoms with E-state index in [2.05, 4.69) is 34.3 Å². The second-order valence-electron chi connectivity index (χ2n) is 10.8. The van der Waals surface area contributed by atoms with Crippen molar-refractivity contribution in [1.29, 1.82) is 0 Å². The van der Waals surface area contributed by atoms with Crippen LogP contribution in [-0.4, -0.2) is 47.1 Å². The molecule has 8 nitrogen and oxygen atoms in total.